The van der Waals surface area contributed by atoms with Crippen LogP contribution in [0.15, 0.2) is 45.5 Å². The van der Waals surface area contributed by atoms with Gasteiger partial charge in [-0.05, 0) is 42.7 Å². The SMILES string of the molecule is O=C(CCc1nc(-c2ccco2)no1)NCC1(c2ccc3c(c2)OCO3)CCCCC1. The fraction of sp³-hybridized carbons (Fsp3) is 0.435. The predicted molar refractivity (Wildman–Crippen MR) is 111 cm³/mol. The minimum absolute atomic E-state index is 0.0246. The molecule has 0 unspecified atom stereocenters. The lowest BCUT2D eigenvalue weighted by Crippen LogP contribution is -2.42. The zero-order chi connectivity index (χ0) is 21.1. The molecule has 2 aliphatic rings. The summed E-state index contributed by atoms with van der Waals surface area (Å²) < 4.78 is 21.5. The van der Waals surface area contributed by atoms with Crippen LogP contribution in [0.2, 0.25) is 0 Å². The van der Waals surface area contributed by atoms with Gasteiger partial charge in [0.25, 0.3) is 0 Å². The van der Waals surface area contributed by atoms with Crippen molar-refractivity contribution < 1.29 is 23.2 Å². The van der Waals surface area contributed by atoms with E-state index in [1.54, 1.807) is 18.4 Å². The van der Waals surface area contributed by atoms with Crippen molar-refractivity contribution in [2.45, 2.75) is 50.4 Å². The van der Waals surface area contributed by atoms with Crippen molar-refractivity contribution in [3.8, 4) is 23.1 Å². The summed E-state index contributed by atoms with van der Waals surface area (Å²) in [5, 5.41) is 7.05. The van der Waals surface area contributed by atoms with Gasteiger partial charge < -0.3 is 23.7 Å². The van der Waals surface area contributed by atoms with Crippen LogP contribution in [0.5, 0.6) is 11.5 Å². The molecule has 0 atom stereocenters. The Kier molecular flexibility index (Phi) is 5.36. The summed E-state index contributed by atoms with van der Waals surface area (Å²) in [4.78, 5) is 16.9. The van der Waals surface area contributed by atoms with Gasteiger partial charge in [-0.2, -0.15) is 4.98 Å². The molecule has 1 aliphatic heterocycles. The van der Waals surface area contributed by atoms with E-state index in [9.17, 15) is 4.79 Å². The molecule has 3 aromatic rings. The lowest BCUT2D eigenvalue weighted by Gasteiger charge is -2.38. The van der Waals surface area contributed by atoms with Crippen LogP contribution < -0.4 is 14.8 Å². The topological polar surface area (TPSA) is 99.6 Å². The van der Waals surface area contributed by atoms with E-state index in [-0.39, 0.29) is 24.5 Å². The Balaban J connectivity index is 1.21. The molecule has 162 valence electrons. The molecule has 0 radical (unpaired) electrons. The van der Waals surface area contributed by atoms with E-state index >= 15 is 0 Å². The number of aryl methyl sites for hydroxylation is 1. The van der Waals surface area contributed by atoms with Crippen LogP contribution in [0.1, 0.15) is 50.0 Å². The Morgan fingerprint density at radius 2 is 1.97 bits per heavy atom. The van der Waals surface area contributed by atoms with Crippen molar-refractivity contribution >= 4 is 5.91 Å². The molecule has 2 aromatic heterocycles. The maximum absolute atomic E-state index is 12.6. The highest BCUT2D eigenvalue weighted by Gasteiger charge is 2.35. The zero-order valence-corrected chi connectivity index (χ0v) is 17.3. The van der Waals surface area contributed by atoms with Gasteiger partial charge >= 0.3 is 0 Å². The molecular formula is C23H25N3O5. The number of nitrogens with zero attached hydrogens (tertiary/aromatic N) is 2. The van der Waals surface area contributed by atoms with Gasteiger partial charge in [-0.3, -0.25) is 4.79 Å². The van der Waals surface area contributed by atoms with Gasteiger partial charge in [0, 0.05) is 24.8 Å². The normalized spacial score (nSPS) is 16.9. The van der Waals surface area contributed by atoms with Crippen LogP contribution in [-0.2, 0) is 16.6 Å². The largest absolute Gasteiger partial charge is 0.461 e. The quantitative estimate of drug-likeness (QED) is 0.613. The molecule has 31 heavy (non-hydrogen) atoms. The first-order chi connectivity index (χ1) is 15.2. The average Bonchev–Trinajstić information content (AvgIpc) is 3.57. The Bertz CT molecular complexity index is 1040. The third-order valence-electron chi connectivity index (χ3n) is 6.20. The van der Waals surface area contributed by atoms with Gasteiger partial charge in [0.2, 0.25) is 24.4 Å². The number of amides is 1. The molecule has 1 saturated carbocycles. The molecule has 8 heteroatoms. The van der Waals surface area contributed by atoms with Gasteiger partial charge in [0.05, 0.1) is 6.26 Å². The summed E-state index contributed by atoms with van der Waals surface area (Å²) >= 11 is 0. The molecule has 0 saturated heterocycles. The van der Waals surface area contributed by atoms with Crippen LogP contribution >= 0.6 is 0 Å². The van der Waals surface area contributed by atoms with Crippen molar-refractivity contribution in [3.05, 3.63) is 48.0 Å². The molecule has 1 amide bonds. The first kappa shape index (κ1) is 19.7. The first-order valence-electron chi connectivity index (χ1n) is 10.8. The van der Waals surface area contributed by atoms with E-state index in [0.29, 0.717) is 30.4 Å². The van der Waals surface area contributed by atoms with Crippen LogP contribution in [-0.4, -0.2) is 29.4 Å². The van der Waals surface area contributed by atoms with Crippen LogP contribution in [0.4, 0.5) is 0 Å². The highest BCUT2D eigenvalue weighted by molar-refractivity contribution is 5.76. The van der Waals surface area contributed by atoms with E-state index < -0.39 is 0 Å². The van der Waals surface area contributed by atoms with E-state index in [2.05, 4.69) is 27.6 Å². The number of aromatic nitrogens is 2. The molecule has 1 fully saturated rings. The third kappa shape index (κ3) is 4.15. The van der Waals surface area contributed by atoms with Crippen molar-refractivity contribution in [2.75, 3.05) is 13.3 Å². The van der Waals surface area contributed by atoms with Gasteiger partial charge in [0.1, 0.15) is 0 Å². The number of hydrogen-bond acceptors (Lipinski definition) is 7. The Hall–Kier alpha value is -3.29. The van der Waals surface area contributed by atoms with Crippen LogP contribution in [0, 0.1) is 0 Å². The van der Waals surface area contributed by atoms with Gasteiger partial charge in [-0.1, -0.05) is 30.5 Å². The number of carbonyl (C=O) groups excluding carboxylic acids is 1. The summed E-state index contributed by atoms with van der Waals surface area (Å²) in [6, 6.07) is 9.69. The number of hydrogen-bond donors (Lipinski definition) is 1. The minimum Gasteiger partial charge on any atom is -0.461 e. The lowest BCUT2D eigenvalue weighted by molar-refractivity contribution is -0.121. The van der Waals surface area contributed by atoms with E-state index in [1.165, 1.54) is 12.0 Å². The van der Waals surface area contributed by atoms with E-state index in [0.717, 1.165) is 37.2 Å². The molecule has 1 aromatic carbocycles. The van der Waals surface area contributed by atoms with Crippen molar-refractivity contribution in [2.24, 2.45) is 0 Å². The molecule has 0 spiro atoms. The number of benzene rings is 1. The molecule has 1 aliphatic carbocycles. The summed E-state index contributed by atoms with van der Waals surface area (Å²) in [6.45, 7) is 0.868. The second-order valence-corrected chi connectivity index (χ2v) is 8.17. The fourth-order valence-corrected chi connectivity index (χ4v) is 4.46. The van der Waals surface area contributed by atoms with E-state index in [4.69, 9.17) is 18.4 Å². The van der Waals surface area contributed by atoms with Crippen LogP contribution in [0.3, 0.4) is 0 Å². The van der Waals surface area contributed by atoms with Crippen molar-refractivity contribution in [3.63, 3.8) is 0 Å². The highest BCUT2D eigenvalue weighted by Crippen LogP contribution is 2.43. The number of ether oxygens (including phenoxy) is 2. The van der Waals surface area contributed by atoms with Crippen LogP contribution in [0.25, 0.3) is 11.6 Å². The highest BCUT2D eigenvalue weighted by atomic mass is 16.7. The molecule has 8 nitrogen and oxygen atoms in total. The number of fused-ring (bicyclic) bond motifs is 1. The summed E-state index contributed by atoms with van der Waals surface area (Å²) in [7, 11) is 0. The molecule has 0 bridgehead atoms. The number of rotatable bonds is 7. The number of furan rings is 1. The van der Waals surface area contributed by atoms with Gasteiger partial charge in [0.15, 0.2) is 17.3 Å². The summed E-state index contributed by atoms with van der Waals surface area (Å²) in [5.41, 5.74) is 1.13. The Morgan fingerprint density at radius 1 is 1.10 bits per heavy atom. The van der Waals surface area contributed by atoms with Gasteiger partial charge in [-0.25, -0.2) is 0 Å². The van der Waals surface area contributed by atoms with Crippen molar-refractivity contribution in [1.82, 2.24) is 15.5 Å². The van der Waals surface area contributed by atoms with Gasteiger partial charge in [-0.15, -0.1) is 0 Å². The summed E-state index contributed by atoms with van der Waals surface area (Å²) in [6.07, 6.45) is 7.86. The molecule has 3 heterocycles. The van der Waals surface area contributed by atoms with E-state index in [1.807, 2.05) is 6.07 Å². The predicted octanol–water partition coefficient (Wildman–Crippen LogP) is 4.01. The molecular weight excluding hydrogens is 398 g/mol. The molecule has 1 N–H and O–H groups in total. The maximum atomic E-state index is 12.6. The monoisotopic (exact) mass is 423 g/mol. The smallest absolute Gasteiger partial charge is 0.238 e. The maximum Gasteiger partial charge on any atom is 0.238 e. The second-order valence-electron chi connectivity index (χ2n) is 8.17. The van der Waals surface area contributed by atoms with Crippen molar-refractivity contribution in [1.29, 1.82) is 0 Å². The molecule has 5 rings (SSSR count). The Morgan fingerprint density at radius 3 is 2.81 bits per heavy atom. The fourth-order valence-electron chi connectivity index (χ4n) is 4.46. The first-order valence-corrected chi connectivity index (χ1v) is 10.8. The number of carbonyl (C=O) groups is 1. The average molecular weight is 423 g/mol. The minimum atomic E-state index is -0.0775. The number of nitrogens with one attached hydrogen (secondary N) is 1. The second kappa shape index (κ2) is 8.45. The Labute approximate surface area is 179 Å². The summed E-state index contributed by atoms with van der Waals surface area (Å²) in [5.74, 6) is 2.91. The zero-order valence-electron chi connectivity index (χ0n) is 17.3. The standard InChI is InChI=1S/C23H25N3O5/c27-20(8-9-21-25-22(26-31-21)18-5-4-12-28-18)24-14-23(10-2-1-3-11-23)16-6-7-17-19(13-16)30-15-29-17/h4-7,12-13H,1-3,8-11,14-15H2,(H,24,27). The third-order valence-corrected chi connectivity index (χ3v) is 6.20. The lowest BCUT2D eigenvalue weighted by atomic mass is 9.69.